The molecule has 1 aliphatic rings. The third-order valence-corrected chi connectivity index (χ3v) is 5.53. The first-order valence-electron chi connectivity index (χ1n) is 6.47. The summed E-state index contributed by atoms with van der Waals surface area (Å²) in [6, 6.07) is 1.89. The molecule has 1 fully saturated rings. The average molecular weight is 293 g/mol. The van der Waals surface area contributed by atoms with Crippen molar-refractivity contribution < 1.29 is 14.7 Å². The van der Waals surface area contributed by atoms with Crippen molar-refractivity contribution in [2.45, 2.75) is 33.7 Å². The van der Waals surface area contributed by atoms with Crippen LogP contribution in [0.25, 0.3) is 6.08 Å². The summed E-state index contributed by atoms with van der Waals surface area (Å²) in [5.74, 6) is -1.15. The zero-order valence-electron chi connectivity index (χ0n) is 12.1. The first kappa shape index (κ1) is 14.8. The van der Waals surface area contributed by atoms with Crippen LogP contribution in [0, 0.1) is 10.8 Å². The summed E-state index contributed by atoms with van der Waals surface area (Å²) in [5, 5.41) is 13.5. The lowest BCUT2D eigenvalue weighted by Gasteiger charge is -2.06. The molecule has 0 atom stereocenters. The molecule has 1 saturated carbocycles. The van der Waals surface area contributed by atoms with E-state index in [0.717, 1.165) is 6.08 Å². The summed E-state index contributed by atoms with van der Waals surface area (Å²) >= 11 is 1.32. The quantitative estimate of drug-likeness (QED) is 0.839. The van der Waals surface area contributed by atoms with Crippen LogP contribution in [0.5, 0.6) is 0 Å². The van der Waals surface area contributed by atoms with Crippen molar-refractivity contribution in [1.82, 2.24) is 5.32 Å². The van der Waals surface area contributed by atoms with E-state index in [-0.39, 0.29) is 22.8 Å². The smallest absolute Gasteiger partial charge is 0.328 e. The van der Waals surface area contributed by atoms with Crippen LogP contribution in [0.4, 0.5) is 0 Å². The zero-order chi connectivity index (χ0) is 15.1. The molecule has 0 aromatic carbocycles. The summed E-state index contributed by atoms with van der Waals surface area (Å²) in [4.78, 5) is 23.4. The number of thiophene rings is 1. The molecule has 0 spiro atoms. The Morgan fingerprint density at radius 2 is 1.90 bits per heavy atom. The van der Waals surface area contributed by atoms with Gasteiger partial charge in [0.15, 0.2) is 0 Å². The van der Waals surface area contributed by atoms with Crippen LogP contribution in [0.15, 0.2) is 17.5 Å². The highest BCUT2D eigenvalue weighted by atomic mass is 32.1. The van der Waals surface area contributed by atoms with E-state index < -0.39 is 5.97 Å². The summed E-state index contributed by atoms with van der Waals surface area (Å²) in [6.07, 6.45) is 2.50. The van der Waals surface area contributed by atoms with Crippen molar-refractivity contribution >= 4 is 29.3 Å². The molecule has 0 saturated heterocycles. The maximum atomic E-state index is 12.3. The highest BCUT2D eigenvalue weighted by Crippen LogP contribution is 2.62. The van der Waals surface area contributed by atoms with Gasteiger partial charge in [0.1, 0.15) is 0 Å². The molecule has 1 aromatic rings. The van der Waals surface area contributed by atoms with Crippen LogP contribution in [-0.4, -0.2) is 23.0 Å². The summed E-state index contributed by atoms with van der Waals surface area (Å²) in [7, 11) is 0. The molecule has 1 aliphatic carbocycles. The monoisotopic (exact) mass is 293 g/mol. The predicted molar refractivity (Wildman–Crippen MR) is 79.8 cm³/mol. The second-order valence-corrected chi connectivity index (χ2v) is 7.14. The second kappa shape index (κ2) is 4.74. The largest absolute Gasteiger partial charge is 0.478 e. The predicted octanol–water partition coefficient (Wildman–Crippen LogP) is 3.01. The molecule has 4 nitrogen and oxygen atoms in total. The van der Waals surface area contributed by atoms with E-state index in [2.05, 4.69) is 33.0 Å². The molecular weight excluding hydrogens is 274 g/mol. The Morgan fingerprint density at radius 3 is 2.40 bits per heavy atom. The third-order valence-electron chi connectivity index (χ3n) is 4.60. The number of carboxylic acids is 1. The summed E-state index contributed by atoms with van der Waals surface area (Å²) in [6.45, 7) is 8.55. The Labute approximate surface area is 122 Å². The number of carbonyl (C=O) groups excluding carboxylic acids is 1. The Kier molecular flexibility index (Phi) is 3.50. The first-order chi connectivity index (χ1) is 9.18. The molecule has 20 heavy (non-hydrogen) atoms. The second-order valence-electron chi connectivity index (χ2n) is 6.23. The fraction of sp³-hybridized carbons (Fsp3) is 0.467. The number of aliphatic carboxylic acids is 1. The first-order valence-corrected chi connectivity index (χ1v) is 7.35. The van der Waals surface area contributed by atoms with Gasteiger partial charge in [0.05, 0.1) is 4.88 Å². The minimum atomic E-state index is -1.02. The number of carbonyl (C=O) groups is 2. The molecule has 5 heteroatoms. The van der Waals surface area contributed by atoms with Gasteiger partial charge in [0, 0.05) is 12.1 Å². The lowest BCUT2D eigenvalue weighted by atomic mass is 10.0. The van der Waals surface area contributed by atoms with Gasteiger partial charge < -0.3 is 10.4 Å². The van der Waals surface area contributed by atoms with Gasteiger partial charge in [-0.1, -0.05) is 27.7 Å². The number of hydrogen-bond donors (Lipinski definition) is 2. The van der Waals surface area contributed by atoms with Crippen molar-refractivity contribution in [1.29, 1.82) is 0 Å². The minimum absolute atomic E-state index is 0.0803. The molecular formula is C15H19NO3S. The van der Waals surface area contributed by atoms with Gasteiger partial charge in [-0.05, 0) is 33.9 Å². The van der Waals surface area contributed by atoms with Gasteiger partial charge in [-0.25, -0.2) is 4.79 Å². The van der Waals surface area contributed by atoms with Crippen molar-refractivity contribution in [3.63, 3.8) is 0 Å². The third kappa shape index (κ3) is 2.38. The molecule has 0 bridgehead atoms. The van der Waals surface area contributed by atoms with Crippen LogP contribution in [0.1, 0.15) is 42.9 Å². The lowest BCUT2D eigenvalue weighted by Crippen LogP contribution is -2.29. The van der Waals surface area contributed by atoms with E-state index in [0.29, 0.717) is 10.4 Å². The fourth-order valence-electron chi connectivity index (χ4n) is 2.55. The average Bonchev–Trinajstić information content (AvgIpc) is 2.75. The van der Waals surface area contributed by atoms with Crippen LogP contribution in [0.3, 0.4) is 0 Å². The highest BCUT2D eigenvalue weighted by Gasteiger charge is 2.65. The van der Waals surface area contributed by atoms with E-state index in [1.165, 1.54) is 17.4 Å². The Hall–Kier alpha value is -1.62. The number of hydrogen-bond acceptors (Lipinski definition) is 3. The molecule has 2 rings (SSSR count). The normalized spacial score (nSPS) is 20.0. The summed E-state index contributed by atoms with van der Waals surface area (Å²) < 4.78 is 0. The van der Waals surface area contributed by atoms with Crippen molar-refractivity contribution in [2.24, 2.45) is 10.8 Å². The molecule has 1 aromatic heterocycles. The molecule has 0 aliphatic heterocycles. The van der Waals surface area contributed by atoms with E-state index in [1.54, 1.807) is 11.4 Å². The number of nitrogens with one attached hydrogen (secondary N) is 1. The maximum absolute atomic E-state index is 12.3. The molecule has 1 amide bonds. The molecule has 0 unspecified atom stereocenters. The van der Waals surface area contributed by atoms with Gasteiger partial charge in [-0.15, -0.1) is 11.3 Å². The molecule has 2 N–H and O–H groups in total. The lowest BCUT2D eigenvalue weighted by molar-refractivity contribution is -0.131. The molecule has 1 heterocycles. The van der Waals surface area contributed by atoms with Crippen LogP contribution in [0.2, 0.25) is 0 Å². The molecule has 0 radical (unpaired) electrons. The standard InChI is InChI=1S/C15H19NO3S/c1-14(2)13(15(14,3)4)16-12(19)11-9(7-8-20-11)5-6-10(17)18/h5-8,13H,1-4H3,(H,16,19)(H,17,18). The Balaban J connectivity index is 2.12. The SMILES string of the molecule is CC1(C)C(NC(=O)c2sccc2C=CC(=O)O)C1(C)C. The molecule has 108 valence electrons. The van der Waals surface area contributed by atoms with Gasteiger partial charge in [-0.2, -0.15) is 0 Å². The fourth-order valence-corrected chi connectivity index (χ4v) is 3.34. The Morgan fingerprint density at radius 1 is 1.30 bits per heavy atom. The minimum Gasteiger partial charge on any atom is -0.478 e. The Bertz CT molecular complexity index is 570. The van der Waals surface area contributed by atoms with E-state index in [9.17, 15) is 9.59 Å². The van der Waals surface area contributed by atoms with Crippen LogP contribution in [-0.2, 0) is 4.79 Å². The topological polar surface area (TPSA) is 66.4 Å². The van der Waals surface area contributed by atoms with E-state index >= 15 is 0 Å². The van der Waals surface area contributed by atoms with Crippen LogP contribution < -0.4 is 5.32 Å². The van der Waals surface area contributed by atoms with Gasteiger partial charge in [0.25, 0.3) is 5.91 Å². The van der Waals surface area contributed by atoms with Crippen molar-refractivity contribution in [2.75, 3.05) is 0 Å². The highest BCUT2D eigenvalue weighted by molar-refractivity contribution is 7.12. The van der Waals surface area contributed by atoms with Crippen molar-refractivity contribution in [3.05, 3.63) is 28.0 Å². The van der Waals surface area contributed by atoms with Crippen molar-refractivity contribution in [3.8, 4) is 0 Å². The summed E-state index contributed by atoms with van der Waals surface area (Å²) in [5.41, 5.74) is 0.805. The number of rotatable bonds is 4. The van der Waals surface area contributed by atoms with Gasteiger partial charge >= 0.3 is 5.97 Å². The van der Waals surface area contributed by atoms with Crippen LogP contribution >= 0.6 is 11.3 Å². The maximum Gasteiger partial charge on any atom is 0.328 e. The number of amides is 1. The number of carboxylic acid groups (broad SMARTS) is 1. The van der Waals surface area contributed by atoms with Gasteiger partial charge in [-0.3, -0.25) is 4.79 Å². The van der Waals surface area contributed by atoms with E-state index in [1.807, 2.05) is 0 Å². The van der Waals surface area contributed by atoms with Gasteiger partial charge in [0.2, 0.25) is 0 Å². The zero-order valence-corrected chi connectivity index (χ0v) is 12.9. The van der Waals surface area contributed by atoms with E-state index in [4.69, 9.17) is 5.11 Å².